The first-order valence-electron chi connectivity index (χ1n) is 5.01. The Morgan fingerprint density at radius 2 is 2.07 bits per heavy atom. The zero-order valence-corrected chi connectivity index (χ0v) is 9.00. The average molecular weight is 191 g/mol. The Morgan fingerprint density at radius 3 is 2.71 bits per heavy atom. The first kappa shape index (κ1) is 9.53. The number of benzene rings is 1. The molecule has 2 N–H and O–H groups in total. The number of ether oxygens (including phenoxy) is 1. The minimum Gasteiger partial charge on any atom is -0.491 e. The molecule has 2 rings (SSSR count). The van der Waals surface area contributed by atoms with E-state index in [0.717, 1.165) is 11.3 Å². The van der Waals surface area contributed by atoms with E-state index in [1.54, 1.807) is 0 Å². The maximum absolute atomic E-state index is 5.93. The molecule has 0 aliphatic carbocycles. The second-order valence-corrected chi connectivity index (χ2v) is 4.92. The fourth-order valence-corrected chi connectivity index (χ4v) is 1.71. The van der Waals surface area contributed by atoms with Gasteiger partial charge >= 0.3 is 0 Å². The summed E-state index contributed by atoms with van der Waals surface area (Å²) in [6.45, 7) is 7.23. The lowest BCUT2D eigenvalue weighted by Gasteiger charge is -2.19. The van der Waals surface area contributed by atoms with E-state index in [1.807, 2.05) is 6.07 Å². The fourth-order valence-electron chi connectivity index (χ4n) is 1.71. The summed E-state index contributed by atoms with van der Waals surface area (Å²) < 4.78 is 5.45. The van der Waals surface area contributed by atoms with Gasteiger partial charge in [-0.3, -0.25) is 0 Å². The molecular formula is C12H17NO. The fraction of sp³-hybridized carbons (Fsp3) is 0.500. The molecular weight excluding hydrogens is 174 g/mol. The van der Waals surface area contributed by atoms with Gasteiger partial charge in [0.05, 0.1) is 6.04 Å². The summed E-state index contributed by atoms with van der Waals surface area (Å²) in [4.78, 5) is 0. The first-order chi connectivity index (χ1) is 6.48. The van der Waals surface area contributed by atoms with Crippen molar-refractivity contribution < 1.29 is 4.74 Å². The van der Waals surface area contributed by atoms with Gasteiger partial charge in [-0.2, -0.15) is 0 Å². The summed E-state index contributed by atoms with van der Waals surface area (Å²) >= 11 is 0. The molecule has 14 heavy (non-hydrogen) atoms. The number of hydrogen-bond acceptors (Lipinski definition) is 2. The molecule has 1 aromatic carbocycles. The predicted octanol–water partition coefficient (Wildman–Crippen LogP) is 2.38. The maximum atomic E-state index is 5.93. The van der Waals surface area contributed by atoms with Gasteiger partial charge in [0, 0.05) is 5.56 Å². The molecule has 2 nitrogen and oxygen atoms in total. The number of fused-ring (bicyclic) bond motifs is 1. The minimum absolute atomic E-state index is 0.0484. The van der Waals surface area contributed by atoms with Crippen molar-refractivity contribution in [3.05, 3.63) is 29.3 Å². The highest BCUT2D eigenvalue weighted by Crippen LogP contribution is 2.34. The highest BCUT2D eigenvalue weighted by Gasteiger charge is 2.23. The molecule has 0 unspecified atom stereocenters. The summed E-state index contributed by atoms with van der Waals surface area (Å²) in [6.07, 6.45) is 0. The maximum Gasteiger partial charge on any atom is 0.124 e. The minimum atomic E-state index is 0.0484. The van der Waals surface area contributed by atoms with Gasteiger partial charge in [0.2, 0.25) is 0 Å². The van der Waals surface area contributed by atoms with Crippen molar-refractivity contribution in [2.75, 3.05) is 6.61 Å². The van der Waals surface area contributed by atoms with E-state index in [-0.39, 0.29) is 11.5 Å². The third-order valence-electron chi connectivity index (χ3n) is 2.69. The lowest BCUT2D eigenvalue weighted by atomic mass is 9.85. The van der Waals surface area contributed by atoms with Gasteiger partial charge in [0.1, 0.15) is 12.4 Å². The van der Waals surface area contributed by atoms with Crippen LogP contribution in [0.4, 0.5) is 0 Å². The van der Waals surface area contributed by atoms with Crippen LogP contribution in [0.25, 0.3) is 0 Å². The highest BCUT2D eigenvalue weighted by molar-refractivity contribution is 5.43. The van der Waals surface area contributed by atoms with E-state index < -0.39 is 0 Å². The van der Waals surface area contributed by atoms with E-state index in [1.165, 1.54) is 5.56 Å². The normalized spacial score (nSPS) is 20.4. The lowest BCUT2D eigenvalue weighted by Crippen LogP contribution is -2.13. The predicted molar refractivity (Wildman–Crippen MR) is 57.6 cm³/mol. The van der Waals surface area contributed by atoms with E-state index in [0.29, 0.717) is 6.61 Å². The Morgan fingerprint density at radius 1 is 1.36 bits per heavy atom. The van der Waals surface area contributed by atoms with Gasteiger partial charge < -0.3 is 10.5 Å². The smallest absolute Gasteiger partial charge is 0.124 e. The Balaban J connectivity index is 2.45. The molecule has 0 radical (unpaired) electrons. The van der Waals surface area contributed by atoms with Crippen LogP contribution in [0.15, 0.2) is 18.2 Å². The van der Waals surface area contributed by atoms with Crippen molar-refractivity contribution >= 4 is 0 Å². The number of nitrogens with two attached hydrogens (primary N) is 1. The van der Waals surface area contributed by atoms with Crippen molar-refractivity contribution in [1.82, 2.24) is 0 Å². The van der Waals surface area contributed by atoms with Crippen LogP contribution in [0.1, 0.15) is 37.9 Å². The van der Waals surface area contributed by atoms with Gasteiger partial charge in [-0.1, -0.05) is 26.8 Å². The largest absolute Gasteiger partial charge is 0.491 e. The van der Waals surface area contributed by atoms with Crippen LogP contribution in [-0.4, -0.2) is 6.61 Å². The lowest BCUT2D eigenvalue weighted by molar-refractivity contribution is 0.333. The van der Waals surface area contributed by atoms with Crippen molar-refractivity contribution in [3.63, 3.8) is 0 Å². The summed E-state index contributed by atoms with van der Waals surface area (Å²) in [7, 11) is 0. The average Bonchev–Trinajstić information content (AvgIpc) is 2.46. The van der Waals surface area contributed by atoms with Crippen LogP contribution in [-0.2, 0) is 5.41 Å². The van der Waals surface area contributed by atoms with Crippen LogP contribution in [0.5, 0.6) is 5.75 Å². The Hall–Kier alpha value is -1.02. The highest BCUT2D eigenvalue weighted by atomic mass is 16.5. The Labute approximate surface area is 85.1 Å². The van der Waals surface area contributed by atoms with Crippen LogP contribution < -0.4 is 10.5 Å². The third kappa shape index (κ3) is 1.50. The molecule has 0 saturated carbocycles. The third-order valence-corrected chi connectivity index (χ3v) is 2.69. The van der Waals surface area contributed by atoms with E-state index >= 15 is 0 Å². The topological polar surface area (TPSA) is 35.2 Å². The molecule has 76 valence electrons. The molecule has 0 aromatic heterocycles. The summed E-state index contributed by atoms with van der Waals surface area (Å²) in [5.41, 5.74) is 8.58. The Kier molecular flexibility index (Phi) is 2.04. The van der Waals surface area contributed by atoms with Gasteiger partial charge in [0.25, 0.3) is 0 Å². The molecule has 0 saturated heterocycles. The van der Waals surface area contributed by atoms with Gasteiger partial charge in [0.15, 0.2) is 0 Å². The monoisotopic (exact) mass is 191 g/mol. The van der Waals surface area contributed by atoms with Crippen LogP contribution in [0.3, 0.4) is 0 Å². The number of rotatable bonds is 0. The SMILES string of the molecule is CC(C)(C)c1ccc2c(c1)[C@@H](N)CO2. The van der Waals surface area contributed by atoms with E-state index in [9.17, 15) is 0 Å². The first-order valence-corrected chi connectivity index (χ1v) is 5.01. The molecule has 0 fully saturated rings. The van der Waals surface area contributed by atoms with Crippen LogP contribution in [0.2, 0.25) is 0 Å². The number of hydrogen-bond donors (Lipinski definition) is 1. The molecule has 1 atom stereocenters. The van der Waals surface area contributed by atoms with Crippen LogP contribution >= 0.6 is 0 Å². The summed E-state index contributed by atoms with van der Waals surface area (Å²) in [5, 5.41) is 0. The van der Waals surface area contributed by atoms with Crippen LogP contribution in [0, 0.1) is 0 Å². The second kappa shape index (κ2) is 2.99. The molecule has 1 aliphatic heterocycles. The standard InChI is InChI=1S/C12H17NO/c1-12(2,3)8-4-5-11-9(6-8)10(13)7-14-11/h4-6,10H,7,13H2,1-3H3/t10-/m0/s1. The van der Waals surface area contributed by atoms with Gasteiger partial charge in [-0.15, -0.1) is 0 Å². The zero-order valence-electron chi connectivity index (χ0n) is 9.00. The molecule has 0 bridgehead atoms. The zero-order chi connectivity index (χ0) is 10.3. The summed E-state index contributed by atoms with van der Waals surface area (Å²) in [5.74, 6) is 0.950. The second-order valence-electron chi connectivity index (χ2n) is 4.92. The summed E-state index contributed by atoms with van der Waals surface area (Å²) in [6, 6.07) is 6.37. The van der Waals surface area contributed by atoms with Crippen molar-refractivity contribution in [2.24, 2.45) is 5.73 Å². The molecule has 1 heterocycles. The van der Waals surface area contributed by atoms with Crippen molar-refractivity contribution in [1.29, 1.82) is 0 Å². The molecule has 1 aromatic rings. The van der Waals surface area contributed by atoms with E-state index in [4.69, 9.17) is 10.5 Å². The molecule has 0 spiro atoms. The molecule has 2 heteroatoms. The van der Waals surface area contributed by atoms with Gasteiger partial charge in [-0.05, 0) is 23.1 Å². The molecule has 1 aliphatic rings. The molecule has 0 amide bonds. The Bertz CT molecular complexity index is 352. The quantitative estimate of drug-likeness (QED) is 0.683. The van der Waals surface area contributed by atoms with E-state index in [2.05, 4.69) is 32.9 Å². The van der Waals surface area contributed by atoms with Crippen molar-refractivity contribution in [2.45, 2.75) is 32.2 Å². The van der Waals surface area contributed by atoms with Crippen molar-refractivity contribution in [3.8, 4) is 5.75 Å². The van der Waals surface area contributed by atoms with Gasteiger partial charge in [-0.25, -0.2) is 0 Å².